The Balaban J connectivity index is 1.30. The molecule has 1 atom stereocenters. The Kier molecular flexibility index (Phi) is 7.15. The molecule has 0 spiro atoms. The largest absolute Gasteiger partial charge is 0.342 e. The summed E-state index contributed by atoms with van der Waals surface area (Å²) in [6.07, 6.45) is 8.89. The van der Waals surface area contributed by atoms with Crippen LogP contribution in [0.25, 0.3) is 0 Å². The minimum Gasteiger partial charge on any atom is -0.342 e. The molecule has 0 saturated carbocycles. The van der Waals surface area contributed by atoms with Gasteiger partial charge in [-0.25, -0.2) is 4.79 Å². The Morgan fingerprint density at radius 3 is 2.57 bits per heavy atom. The highest BCUT2D eigenvalue weighted by Crippen LogP contribution is 2.41. The Labute approximate surface area is 210 Å². The standard InChI is InChI=1S/C26H33N5O3S/c32-23(19-29-12-2-1-3-13-29)30-14-8-20(9-15-30)26(21-6-4-11-27-18-21)24(33)31(25(34)28-26)16-10-22-7-5-17-35-22/h4-7,11,17-18,20H,1-3,8-10,12-16,19H2,(H,28,34). The average Bonchev–Trinajstić information content (AvgIpc) is 3.50. The van der Waals surface area contributed by atoms with Crippen molar-refractivity contribution in [2.24, 2.45) is 5.92 Å². The summed E-state index contributed by atoms with van der Waals surface area (Å²) in [5, 5.41) is 5.08. The number of aromatic nitrogens is 1. The van der Waals surface area contributed by atoms with E-state index >= 15 is 0 Å². The van der Waals surface area contributed by atoms with Gasteiger partial charge in [0.1, 0.15) is 0 Å². The average molecular weight is 496 g/mol. The summed E-state index contributed by atoms with van der Waals surface area (Å²) >= 11 is 1.63. The van der Waals surface area contributed by atoms with Crippen LogP contribution in [0.15, 0.2) is 42.0 Å². The molecule has 0 radical (unpaired) electrons. The second-order valence-corrected chi connectivity index (χ2v) is 10.8. The second-order valence-electron chi connectivity index (χ2n) is 9.76. The Morgan fingerprint density at radius 1 is 1.09 bits per heavy atom. The lowest BCUT2D eigenvalue weighted by Gasteiger charge is -2.41. The topological polar surface area (TPSA) is 85.8 Å². The zero-order chi connectivity index (χ0) is 24.3. The van der Waals surface area contributed by atoms with Crippen molar-refractivity contribution in [2.75, 3.05) is 39.3 Å². The maximum atomic E-state index is 13.9. The maximum Gasteiger partial charge on any atom is 0.325 e. The summed E-state index contributed by atoms with van der Waals surface area (Å²) in [7, 11) is 0. The van der Waals surface area contributed by atoms with E-state index in [1.807, 2.05) is 34.5 Å². The van der Waals surface area contributed by atoms with Gasteiger partial charge in [-0.2, -0.15) is 0 Å². The van der Waals surface area contributed by atoms with Crippen molar-refractivity contribution in [1.29, 1.82) is 0 Å². The summed E-state index contributed by atoms with van der Waals surface area (Å²) < 4.78 is 0. The van der Waals surface area contributed by atoms with Crippen molar-refractivity contribution in [3.05, 3.63) is 52.5 Å². The molecule has 1 unspecified atom stereocenters. The minimum atomic E-state index is -1.14. The van der Waals surface area contributed by atoms with Crippen LogP contribution in [0, 0.1) is 5.92 Å². The lowest BCUT2D eigenvalue weighted by Crippen LogP contribution is -2.55. The fraction of sp³-hybridized carbons (Fsp3) is 0.538. The first-order valence-electron chi connectivity index (χ1n) is 12.6. The fourth-order valence-corrected chi connectivity index (χ4v) is 6.45. The first kappa shape index (κ1) is 23.9. The highest BCUT2D eigenvalue weighted by atomic mass is 32.1. The minimum absolute atomic E-state index is 0.103. The number of nitrogens with zero attached hydrogens (tertiary/aromatic N) is 4. The van der Waals surface area contributed by atoms with Gasteiger partial charge >= 0.3 is 6.03 Å². The van der Waals surface area contributed by atoms with Gasteiger partial charge in [-0.1, -0.05) is 18.6 Å². The number of carbonyl (C=O) groups is 3. The summed E-state index contributed by atoms with van der Waals surface area (Å²) in [6, 6.07) is 7.34. The van der Waals surface area contributed by atoms with Crippen LogP contribution < -0.4 is 5.32 Å². The first-order chi connectivity index (χ1) is 17.1. The van der Waals surface area contributed by atoms with Gasteiger partial charge in [-0.15, -0.1) is 11.3 Å². The molecule has 35 heavy (non-hydrogen) atoms. The van der Waals surface area contributed by atoms with Crippen LogP contribution in [0.3, 0.4) is 0 Å². The molecule has 4 amide bonds. The van der Waals surface area contributed by atoms with Crippen molar-refractivity contribution in [3.8, 4) is 0 Å². The van der Waals surface area contributed by atoms with Gasteiger partial charge in [0.15, 0.2) is 5.54 Å². The molecule has 3 fully saturated rings. The number of imide groups is 1. The summed E-state index contributed by atoms with van der Waals surface area (Å²) in [4.78, 5) is 50.9. The highest BCUT2D eigenvalue weighted by Gasteiger charge is 2.57. The third-order valence-electron chi connectivity index (χ3n) is 7.68. The molecule has 3 aliphatic rings. The molecule has 0 bridgehead atoms. The molecule has 0 aromatic carbocycles. The molecule has 8 nitrogen and oxygen atoms in total. The molecular weight excluding hydrogens is 462 g/mol. The number of nitrogens with one attached hydrogen (secondary N) is 1. The number of urea groups is 1. The van der Waals surface area contributed by atoms with Gasteiger partial charge in [0.25, 0.3) is 5.91 Å². The van der Waals surface area contributed by atoms with Crippen LogP contribution in [-0.2, 0) is 21.5 Å². The van der Waals surface area contributed by atoms with Gasteiger partial charge in [-0.05, 0) is 68.6 Å². The van der Waals surface area contributed by atoms with E-state index in [1.165, 1.54) is 11.3 Å². The molecule has 3 aliphatic heterocycles. The van der Waals surface area contributed by atoms with E-state index in [1.54, 1.807) is 23.7 Å². The number of carbonyl (C=O) groups excluding carboxylic acids is 3. The normalized spacial score (nSPS) is 24.1. The number of pyridine rings is 1. The van der Waals surface area contributed by atoms with Crippen molar-refractivity contribution in [2.45, 2.75) is 44.1 Å². The number of hydrogen-bond donors (Lipinski definition) is 1. The van der Waals surface area contributed by atoms with Crippen LogP contribution in [0.2, 0.25) is 0 Å². The number of likely N-dealkylation sites (tertiary alicyclic amines) is 2. The van der Waals surface area contributed by atoms with E-state index < -0.39 is 5.54 Å². The number of piperidine rings is 2. The van der Waals surface area contributed by atoms with Crippen LogP contribution in [0.4, 0.5) is 4.79 Å². The molecule has 186 valence electrons. The Bertz CT molecular complexity index is 1030. The maximum absolute atomic E-state index is 13.9. The van der Waals surface area contributed by atoms with Gasteiger partial charge < -0.3 is 10.2 Å². The third kappa shape index (κ3) is 4.84. The van der Waals surface area contributed by atoms with Crippen LogP contribution in [-0.4, -0.2) is 76.8 Å². The molecule has 3 saturated heterocycles. The monoisotopic (exact) mass is 495 g/mol. The van der Waals surface area contributed by atoms with Crippen LogP contribution in [0.1, 0.15) is 42.5 Å². The van der Waals surface area contributed by atoms with E-state index in [-0.39, 0.29) is 23.8 Å². The first-order valence-corrected chi connectivity index (χ1v) is 13.5. The van der Waals surface area contributed by atoms with Crippen molar-refractivity contribution >= 4 is 29.2 Å². The van der Waals surface area contributed by atoms with Crippen LogP contribution in [0.5, 0.6) is 0 Å². The van der Waals surface area contributed by atoms with Crippen LogP contribution >= 0.6 is 11.3 Å². The third-order valence-corrected chi connectivity index (χ3v) is 8.61. The van der Waals surface area contributed by atoms with E-state index in [0.29, 0.717) is 45.4 Å². The summed E-state index contributed by atoms with van der Waals surface area (Å²) in [6.45, 7) is 4.00. The summed E-state index contributed by atoms with van der Waals surface area (Å²) in [5.41, 5.74) is -0.418. The Hall–Kier alpha value is -2.78. The van der Waals surface area contributed by atoms with E-state index in [9.17, 15) is 14.4 Å². The van der Waals surface area contributed by atoms with Gasteiger partial charge in [0.05, 0.1) is 6.54 Å². The molecule has 0 aliphatic carbocycles. The van der Waals surface area contributed by atoms with Crippen molar-refractivity contribution < 1.29 is 14.4 Å². The van der Waals surface area contributed by atoms with Gasteiger partial charge in [-0.3, -0.25) is 24.4 Å². The van der Waals surface area contributed by atoms with Gasteiger partial charge in [0, 0.05) is 42.5 Å². The van der Waals surface area contributed by atoms with E-state index in [0.717, 1.165) is 36.4 Å². The van der Waals surface area contributed by atoms with E-state index in [4.69, 9.17) is 0 Å². The lowest BCUT2D eigenvalue weighted by atomic mass is 9.73. The molecular formula is C26H33N5O3S. The fourth-order valence-electron chi connectivity index (χ4n) is 5.75. The molecule has 2 aromatic heterocycles. The number of hydrogen-bond acceptors (Lipinski definition) is 6. The molecule has 5 heterocycles. The quantitative estimate of drug-likeness (QED) is 0.597. The predicted octanol–water partition coefficient (Wildman–Crippen LogP) is 2.86. The molecule has 5 rings (SSSR count). The Morgan fingerprint density at radius 2 is 1.89 bits per heavy atom. The number of thiophene rings is 1. The molecule has 9 heteroatoms. The van der Waals surface area contributed by atoms with Gasteiger partial charge in [0.2, 0.25) is 5.91 Å². The van der Waals surface area contributed by atoms with Crippen molar-refractivity contribution in [3.63, 3.8) is 0 Å². The molecule has 2 aromatic rings. The van der Waals surface area contributed by atoms with Crippen molar-refractivity contribution in [1.82, 2.24) is 25.0 Å². The number of rotatable bonds is 7. The smallest absolute Gasteiger partial charge is 0.325 e. The lowest BCUT2D eigenvalue weighted by molar-refractivity contribution is -0.137. The highest BCUT2D eigenvalue weighted by molar-refractivity contribution is 7.09. The zero-order valence-electron chi connectivity index (χ0n) is 20.0. The predicted molar refractivity (Wildman–Crippen MR) is 134 cm³/mol. The number of amides is 4. The molecule has 1 N–H and O–H groups in total. The zero-order valence-corrected chi connectivity index (χ0v) is 20.8. The second kappa shape index (κ2) is 10.5. The SMILES string of the molecule is O=C(CN1CCCCC1)N1CCC(C2(c3cccnc3)NC(=O)N(CCc3cccs3)C2=O)CC1. The van der Waals surface area contributed by atoms with E-state index in [2.05, 4.69) is 15.2 Å². The summed E-state index contributed by atoms with van der Waals surface area (Å²) in [5.74, 6) is -0.140.